The van der Waals surface area contributed by atoms with Gasteiger partial charge in [0.2, 0.25) is 12.2 Å². The predicted molar refractivity (Wildman–Crippen MR) is 169 cm³/mol. The summed E-state index contributed by atoms with van der Waals surface area (Å²) in [6.45, 7) is 4.33. The lowest BCUT2D eigenvalue weighted by atomic mass is 9.74. The maximum atomic E-state index is 10.5. The van der Waals surface area contributed by atoms with Crippen molar-refractivity contribution in [2.24, 2.45) is 9.98 Å². The van der Waals surface area contributed by atoms with E-state index in [4.69, 9.17) is 9.47 Å². The van der Waals surface area contributed by atoms with E-state index in [9.17, 15) is 9.59 Å². The highest BCUT2D eigenvalue weighted by atomic mass is 79.9. The summed E-state index contributed by atoms with van der Waals surface area (Å²) in [5, 5.41) is 0. The smallest absolute Gasteiger partial charge is 0.240 e. The lowest BCUT2D eigenvalue weighted by Gasteiger charge is -2.31. The van der Waals surface area contributed by atoms with Crippen molar-refractivity contribution in [2.45, 2.75) is 25.7 Å². The first kappa shape index (κ1) is 30.1. The van der Waals surface area contributed by atoms with E-state index in [1.165, 1.54) is 12.2 Å². The molecule has 0 fully saturated rings. The number of hydrogen-bond acceptors (Lipinski definition) is 6. The van der Waals surface area contributed by atoms with Crippen molar-refractivity contribution in [3.05, 3.63) is 102 Å². The summed E-state index contributed by atoms with van der Waals surface area (Å²) in [6, 6.07) is 21.9. The van der Waals surface area contributed by atoms with E-state index in [0.29, 0.717) is 34.4 Å². The van der Waals surface area contributed by atoms with Crippen LogP contribution in [0.25, 0.3) is 0 Å². The predicted octanol–water partition coefficient (Wildman–Crippen LogP) is 11.0. The number of halogens is 4. The van der Waals surface area contributed by atoms with E-state index < -0.39 is 0 Å². The first-order chi connectivity index (χ1) is 19.2. The molecule has 0 aliphatic heterocycles. The van der Waals surface area contributed by atoms with E-state index >= 15 is 0 Å². The monoisotopic (exact) mass is 788 g/mol. The number of benzene rings is 4. The Morgan fingerprint density at radius 3 is 1.25 bits per heavy atom. The molecule has 40 heavy (non-hydrogen) atoms. The summed E-state index contributed by atoms with van der Waals surface area (Å²) < 4.78 is 15.4. The molecule has 0 amide bonds. The SMILES string of the molecule is CCC(C)(c1cc(Br)c(Oc2ccc(N=C=O)cc2)c(Br)c1)c1cc(Br)c(Oc2ccc(N=C=O)cc2)c(Br)c1. The Morgan fingerprint density at radius 2 is 0.975 bits per heavy atom. The number of aliphatic imine (C=N–C) groups is 2. The highest BCUT2D eigenvalue weighted by Gasteiger charge is 2.30. The molecule has 4 aromatic carbocycles. The van der Waals surface area contributed by atoms with Gasteiger partial charge in [0.25, 0.3) is 0 Å². The van der Waals surface area contributed by atoms with Gasteiger partial charge in [-0.05, 0) is 154 Å². The lowest BCUT2D eigenvalue weighted by molar-refractivity contribution is 0.472. The summed E-state index contributed by atoms with van der Waals surface area (Å²) in [7, 11) is 0. The van der Waals surface area contributed by atoms with Gasteiger partial charge in [-0.2, -0.15) is 9.98 Å². The van der Waals surface area contributed by atoms with Gasteiger partial charge in [-0.15, -0.1) is 0 Å². The fourth-order valence-corrected chi connectivity index (χ4v) is 6.74. The molecule has 0 aliphatic carbocycles. The Morgan fingerprint density at radius 1 is 0.650 bits per heavy atom. The van der Waals surface area contributed by atoms with Crippen LogP contribution in [0.1, 0.15) is 31.4 Å². The third-order valence-corrected chi connectivity index (χ3v) is 8.80. The minimum Gasteiger partial charge on any atom is -0.455 e. The van der Waals surface area contributed by atoms with Crippen LogP contribution < -0.4 is 9.47 Å². The summed E-state index contributed by atoms with van der Waals surface area (Å²) >= 11 is 14.8. The zero-order valence-electron chi connectivity index (χ0n) is 21.2. The summed E-state index contributed by atoms with van der Waals surface area (Å²) in [4.78, 5) is 28.2. The molecule has 0 saturated carbocycles. The molecule has 6 nitrogen and oxygen atoms in total. The average molecular weight is 792 g/mol. The number of ether oxygens (including phenoxy) is 2. The molecule has 10 heteroatoms. The van der Waals surface area contributed by atoms with Gasteiger partial charge < -0.3 is 9.47 Å². The van der Waals surface area contributed by atoms with Crippen LogP contribution >= 0.6 is 63.7 Å². The second-order valence-corrected chi connectivity index (χ2v) is 12.2. The van der Waals surface area contributed by atoms with Crippen LogP contribution in [0.2, 0.25) is 0 Å². The van der Waals surface area contributed by atoms with Gasteiger partial charge in [0.1, 0.15) is 11.5 Å². The van der Waals surface area contributed by atoms with Crippen LogP contribution in [0, 0.1) is 0 Å². The summed E-state index contributed by atoms with van der Waals surface area (Å²) in [5.74, 6) is 2.47. The van der Waals surface area contributed by atoms with Gasteiger partial charge in [-0.1, -0.05) is 13.8 Å². The van der Waals surface area contributed by atoms with Crippen molar-refractivity contribution >= 4 is 87.3 Å². The molecular formula is C30H20Br4N2O4. The van der Waals surface area contributed by atoms with Crippen LogP contribution in [0.4, 0.5) is 11.4 Å². The molecule has 4 aromatic rings. The maximum absolute atomic E-state index is 10.5. The Hall–Kier alpha value is -2.84. The van der Waals surface area contributed by atoms with Gasteiger partial charge in [0.05, 0.1) is 29.3 Å². The van der Waals surface area contributed by atoms with Crippen LogP contribution in [0.3, 0.4) is 0 Å². The first-order valence-corrected chi connectivity index (χ1v) is 15.1. The van der Waals surface area contributed by atoms with E-state index in [2.05, 4.69) is 112 Å². The van der Waals surface area contributed by atoms with Crippen molar-refractivity contribution in [1.29, 1.82) is 0 Å². The van der Waals surface area contributed by atoms with Gasteiger partial charge in [-0.3, -0.25) is 0 Å². The second-order valence-electron chi connectivity index (χ2n) is 8.82. The zero-order valence-corrected chi connectivity index (χ0v) is 27.5. The maximum Gasteiger partial charge on any atom is 0.240 e. The van der Waals surface area contributed by atoms with Gasteiger partial charge in [0, 0.05) is 5.41 Å². The highest BCUT2D eigenvalue weighted by molar-refractivity contribution is 9.11. The van der Waals surface area contributed by atoms with Gasteiger partial charge >= 0.3 is 0 Å². The quantitative estimate of drug-likeness (QED) is 0.125. The molecule has 4 rings (SSSR count). The number of nitrogens with zero attached hydrogens (tertiary/aromatic N) is 2. The molecule has 0 aromatic heterocycles. The fraction of sp³-hybridized carbons (Fsp3) is 0.133. The Balaban J connectivity index is 1.64. The van der Waals surface area contributed by atoms with E-state index in [-0.39, 0.29) is 5.41 Å². The molecule has 0 radical (unpaired) electrons. The van der Waals surface area contributed by atoms with Crippen LogP contribution in [0.15, 0.2) is 101 Å². The molecule has 0 spiro atoms. The van der Waals surface area contributed by atoms with Crippen molar-refractivity contribution in [3.8, 4) is 23.0 Å². The van der Waals surface area contributed by atoms with E-state index in [0.717, 1.165) is 35.4 Å². The van der Waals surface area contributed by atoms with Crippen molar-refractivity contribution in [2.75, 3.05) is 0 Å². The van der Waals surface area contributed by atoms with Gasteiger partial charge in [0.15, 0.2) is 11.5 Å². The number of carbonyl (C=O) groups excluding carboxylic acids is 2. The highest BCUT2D eigenvalue weighted by Crippen LogP contribution is 2.47. The standard InChI is InChI=1S/C30H20Br4N2O4/c1-3-30(2,18-12-24(31)28(25(32)13-18)39-22-8-4-20(5-9-22)35-16-37)19-14-26(33)29(27(34)15-19)40-23-10-6-21(7-11-23)36-17-38/h4-15H,3H2,1-2H3. The molecular weight excluding hydrogens is 772 g/mol. The Kier molecular flexibility index (Phi) is 9.95. The molecule has 0 unspecified atom stereocenters. The third-order valence-electron chi connectivity index (χ3n) is 6.44. The van der Waals surface area contributed by atoms with Crippen LogP contribution in [0.5, 0.6) is 23.0 Å². The van der Waals surface area contributed by atoms with Crippen LogP contribution in [-0.2, 0) is 15.0 Å². The van der Waals surface area contributed by atoms with Crippen molar-refractivity contribution in [3.63, 3.8) is 0 Å². The molecule has 0 N–H and O–H groups in total. The lowest BCUT2D eigenvalue weighted by Crippen LogP contribution is -2.23. The summed E-state index contributed by atoms with van der Waals surface area (Å²) in [5.41, 5.74) is 2.82. The second kappa shape index (κ2) is 13.2. The molecule has 0 bridgehead atoms. The molecule has 0 atom stereocenters. The van der Waals surface area contributed by atoms with Crippen molar-refractivity contribution in [1.82, 2.24) is 0 Å². The minimum atomic E-state index is -0.351. The molecule has 0 heterocycles. The fourth-order valence-electron chi connectivity index (χ4n) is 4.05. The van der Waals surface area contributed by atoms with Crippen molar-refractivity contribution < 1.29 is 19.1 Å². The third kappa shape index (κ3) is 6.72. The molecule has 202 valence electrons. The molecule has 0 saturated heterocycles. The van der Waals surface area contributed by atoms with E-state index in [1.54, 1.807) is 48.5 Å². The zero-order chi connectivity index (χ0) is 28.9. The van der Waals surface area contributed by atoms with E-state index in [1.807, 2.05) is 0 Å². The number of hydrogen-bond donors (Lipinski definition) is 0. The largest absolute Gasteiger partial charge is 0.455 e. The normalized spacial score (nSPS) is 12.1. The Labute approximate surface area is 265 Å². The average Bonchev–Trinajstić information content (AvgIpc) is 2.94. The molecule has 0 aliphatic rings. The number of isocyanates is 2. The first-order valence-electron chi connectivity index (χ1n) is 11.9. The van der Waals surface area contributed by atoms with Crippen LogP contribution in [-0.4, -0.2) is 12.2 Å². The number of rotatable bonds is 9. The Bertz CT molecular complexity index is 1480. The summed E-state index contributed by atoms with van der Waals surface area (Å²) in [6.07, 6.45) is 3.88. The topological polar surface area (TPSA) is 77.3 Å². The minimum absolute atomic E-state index is 0.351. The van der Waals surface area contributed by atoms with Gasteiger partial charge in [-0.25, -0.2) is 9.59 Å².